The molecule has 0 aliphatic carbocycles. The SMILES string of the molecule is CCNC(=NCc1ccc(S(=O)(=O)N2CCCC2)cc1)NCCc1csc(C)n1.I. The predicted octanol–water partition coefficient (Wildman–Crippen LogP) is 3.15. The van der Waals surface area contributed by atoms with Crippen molar-refractivity contribution >= 4 is 51.3 Å². The van der Waals surface area contributed by atoms with E-state index >= 15 is 0 Å². The van der Waals surface area contributed by atoms with E-state index < -0.39 is 10.0 Å². The second kappa shape index (κ2) is 12.0. The van der Waals surface area contributed by atoms with Crippen molar-refractivity contribution in [2.75, 3.05) is 26.2 Å². The van der Waals surface area contributed by atoms with Crippen molar-refractivity contribution in [2.24, 2.45) is 4.99 Å². The van der Waals surface area contributed by atoms with E-state index in [1.807, 2.05) is 26.0 Å². The fourth-order valence-corrected chi connectivity index (χ4v) is 5.35. The van der Waals surface area contributed by atoms with Crippen LogP contribution in [0.4, 0.5) is 0 Å². The Morgan fingerprint density at radius 3 is 2.50 bits per heavy atom. The highest BCUT2D eigenvalue weighted by Gasteiger charge is 2.26. The molecule has 0 amide bonds. The van der Waals surface area contributed by atoms with Crippen LogP contribution in [0.15, 0.2) is 39.5 Å². The highest BCUT2D eigenvalue weighted by molar-refractivity contribution is 14.0. The number of aryl methyl sites for hydroxylation is 1. The van der Waals surface area contributed by atoms with Crippen molar-refractivity contribution in [3.8, 4) is 0 Å². The van der Waals surface area contributed by atoms with Crippen molar-refractivity contribution in [3.05, 3.63) is 45.9 Å². The molecule has 2 heterocycles. The summed E-state index contributed by atoms with van der Waals surface area (Å²) in [5.74, 6) is 0.744. The summed E-state index contributed by atoms with van der Waals surface area (Å²) in [6.45, 7) is 7.28. The van der Waals surface area contributed by atoms with Crippen LogP contribution in [0.2, 0.25) is 0 Å². The topological polar surface area (TPSA) is 86.7 Å². The van der Waals surface area contributed by atoms with Crippen LogP contribution < -0.4 is 10.6 Å². The van der Waals surface area contributed by atoms with Gasteiger partial charge in [0, 0.05) is 38.0 Å². The number of aliphatic imine (C=N–C) groups is 1. The molecule has 7 nitrogen and oxygen atoms in total. The Labute approximate surface area is 200 Å². The predicted molar refractivity (Wildman–Crippen MR) is 133 cm³/mol. The molecule has 1 fully saturated rings. The van der Waals surface area contributed by atoms with E-state index in [1.165, 1.54) is 0 Å². The van der Waals surface area contributed by atoms with Crippen molar-refractivity contribution in [1.29, 1.82) is 0 Å². The van der Waals surface area contributed by atoms with Gasteiger partial charge in [0.1, 0.15) is 0 Å². The number of hydrogen-bond donors (Lipinski definition) is 2. The second-order valence-corrected chi connectivity index (χ2v) is 9.99. The van der Waals surface area contributed by atoms with Gasteiger partial charge in [-0.05, 0) is 44.4 Å². The van der Waals surface area contributed by atoms with Gasteiger partial charge in [0.2, 0.25) is 10.0 Å². The molecular weight excluding hydrogens is 533 g/mol. The smallest absolute Gasteiger partial charge is 0.243 e. The van der Waals surface area contributed by atoms with Gasteiger partial charge in [0.15, 0.2) is 5.96 Å². The number of nitrogens with zero attached hydrogens (tertiary/aromatic N) is 3. The average molecular weight is 564 g/mol. The highest BCUT2D eigenvalue weighted by atomic mass is 127. The highest BCUT2D eigenvalue weighted by Crippen LogP contribution is 2.21. The number of aromatic nitrogens is 1. The lowest BCUT2D eigenvalue weighted by Gasteiger charge is -2.15. The maximum absolute atomic E-state index is 12.6. The Morgan fingerprint density at radius 2 is 1.90 bits per heavy atom. The van der Waals surface area contributed by atoms with Gasteiger partial charge >= 0.3 is 0 Å². The lowest BCUT2D eigenvalue weighted by molar-refractivity contribution is 0.477. The van der Waals surface area contributed by atoms with Gasteiger partial charge in [-0.1, -0.05) is 12.1 Å². The average Bonchev–Trinajstić information content (AvgIpc) is 3.39. The molecule has 3 rings (SSSR count). The molecule has 1 aromatic carbocycles. The molecule has 1 aliphatic rings. The molecule has 0 spiro atoms. The van der Waals surface area contributed by atoms with Crippen LogP contribution in [0, 0.1) is 6.92 Å². The Hall–Kier alpha value is -1.24. The molecule has 166 valence electrons. The maximum atomic E-state index is 12.6. The second-order valence-electron chi connectivity index (χ2n) is 6.98. The van der Waals surface area contributed by atoms with Gasteiger partial charge in [0.05, 0.1) is 22.1 Å². The van der Waals surface area contributed by atoms with Crippen LogP contribution in [0.5, 0.6) is 0 Å². The van der Waals surface area contributed by atoms with E-state index in [9.17, 15) is 8.42 Å². The number of thiazole rings is 1. The van der Waals surface area contributed by atoms with Crippen LogP contribution in [0.3, 0.4) is 0 Å². The minimum Gasteiger partial charge on any atom is -0.357 e. The van der Waals surface area contributed by atoms with Crippen molar-refractivity contribution < 1.29 is 8.42 Å². The lowest BCUT2D eigenvalue weighted by Crippen LogP contribution is -2.38. The molecule has 1 aromatic heterocycles. The lowest BCUT2D eigenvalue weighted by atomic mass is 10.2. The Bertz CT molecular complexity index is 923. The van der Waals surface area contributed by atoms with Crippen LogP contribution in [0.25, 0.3) is 0 Å². The molecular formula is C20H30IN5O2S2. The summed E-state index contributed by atoms with van der Waals surface area (Å²) < 4.78 is 26.8. The van der Waals surface area contributed by atoms with Crippen molar-refractivity contribution in [3.63, 3.8) is 0 Å². The first-order chi connectivity index (χ1) is 14.0. The van der Waals surface area contributed by atoms with Crippen molar-refractivity contribution in [2.45, 2.75) is 44.6 Å². The molecule has 0 bridgehead atoms. The van der Waals surface area contributed by atoms with E-state index in [4.69, 9.17) is 0 Å². The summed E-state index contributed by atoms with van der Waals surface area (Å²) in [6.07, 6.45) is 2.72. The van der Waals surface area contributed by atoms with Crippen molar-refractivity contribution in [1.82, 2.24) is 19.9 Å². The molecule has 0 saturated carbocycles. The summed E-state index contributed by atoms with van der Waals surface area (Å²) in [5, 5.41) is 9.72. The van der Waals surface area contributed by atoms with E-state index in [-0.39, 0.29) is 24.0 Å². The van der Waals surface area contributed by atoms with Crippen LogP contribution in [-0.2, 0) is 23.0 Å². The summed E-state index contributed by atoms with van der Waals surface area (Å²) in [4.78, 5) is 9.43. The van der Waals surface area contributed by atoms with Gasteiger partial charge < -0.3 is 10.6 Å². The Morgan fingerprint density at radius 1 is 1.20 bits per heavy atom. The minimum absolute atomic E-state index is 0. The standard InChI is InChI=1S/C20H29N5O2S2.HI/c1-3-21-20(22-11-10-18-15-28-16(2)24-18)23-14-17-6-8-19(9-7-17)29(26,27)25-12-4-5-13-25;/h6-9,15H,3-5,10-14H2,1-2H3,(H2,21,22,23);1H. The number of hydrogen-bond acceptors (Lipinski definition) is 5. The largest absolute Gasteiger partial charge is 0.357 e. The number of guanidine groups is 1. The fraction of sp³-hybridized carbons (Fsp3) is 0.500. The monoisotopic (exact) mass is 563 g/mol. The zero-order chi connectivity index (χ0) is 20.7. The van der Waals surface area contributed by atoms with Crippen LogP contribution in [-0.4, -0.2) is 49.8 Å². The van der Waals surface area contributed by atoms with E-state index in [1.54, 1.807) is 27.8 Å². The van der Waals surface area contributed by atoms with Gasteiger partial charge in [-0.2, -0.15) is 4.31 Å². The first kappa shape index (κ1) is 25.0. The molecule has 0 unspecified atom stereocenters. The Balaban J connectivity index is 0.00000320. The van der Waals surface area contributed by atoms with Gasteiger partial charge in [-0.3, -0.25) is 0 Å². The third-order valence-corrected chi connectivity index (χ3v) is 7.47. The van der Waals surface area contributed by atoms with Crippen LogP contribution in [0.1, 0.15) is 36.0 Å². The van der Waals surface area contributed by atoms with Gasteiger partial charge in [0.25, 0.3) is 0 Å². The summed E-state index contributed by atoms with van der Waals surface area (Å²) in [5.41, 5.74) is 2.06. The first-order valence-electron chi connectivity index (χ1n) is 10.0. The number of nitrogens with one attached hydrogen (secondary N) is 2. The third kappa shape index (κ3) is 6.89. The zero-order valence-corrected chi connectivity index (χ0v) is 21.4. The van der Waals surface area contributed by atoms with E-state index in [2.05, 4.69) is 26.0 Å². The summed E-state index contributed by atoms with van der Waals surface area (Å²) in [6, 6.07) is 7.05. The molecule has 2 N–H and O–H groups in total. The zero-order valence-electron chi connectivity index (χ0n) is 17.4. The molecule has 1 saturated heterocycles. The van der Waals surface area contributed by atoms with E-state index in [0.717, 1.165) is 54.6 Å². The van der Waals surface area contributed by atoms with Gasteiger partial charge in [-0.25, -0.2) is 18.4 Å². The maximum Gasteiger partial charge on any atom is 0.243 e. The third-order valence-electron chi connectivity index (χ3n) is 4.73. The molecule has 2 aromatic rings. The summed E-state index contributed by atoms with van der Waals surface area (Å²) in [7, 11) is -3.36. The molecule has 30 heavy (non-hydrogen) atoms. The molecule has 1 aliphatic heterocycles. The Kier molecular flexibility index (Phi) is 9.98. The number of benzene rings is 1. The first-order valence-corrected chi connectivity index (χ1v) is 12.3. The quantitative estimate of drug-likeness (QED) is 0.293. The molecule has 0 atom stereocenters. The fourth-order valence-electron chi connectivity index (χ4n) is 3.19. The normalized spacial score (nSPS) is 15.1. The van der Waals surface area contributed by atoms with Gasteiger partial charge in [-0.15, -0.1) is 35.3 Å². The summed E-state index contributed by atoms with van der Waals surface area (Å²) >= 11 is 1.66. The number of rotatable bonds is 8. The minimum atomic E-state index is -3.36. The number of sulfonamides is 1. The molecule has 0 radical (unpaired) electrons. The molecule has 10 heteroatoms. The number of halogens is 1. The van der Waals surface area contributed by atoms with E-state index in [0.29, 0.717) is 24.5 Å². The van der Waals surface area contributed by atoms with Crippen LogP contribution >= 0.6 is 35.3 Å².